The normalized spacial score (nSPS) is 10.8. The summed E-state index contributed by atoms with van der Waals surface area (Å²) >= 11 is 2.86. The molecular formula is C23H18N2O2S2. The number of hydrogen-bond acceptors (Lipinski definition) is 5. The van der Waals surface area contributed by atoms with Crippen LogP contribution < -0.4 is 5.32 Å². The monoisotopic (exact) mass is 418 g/mol. The Kier molecular flexibility index (Phi) is 6.03. The third-order valence-corrected chi connectivity index (χ3v) is 6.43. The summed E-state index contributed by atoms with van der Waals surface area (Å²) in [6.45, 7) is 0. The lowest BCUT2D eigenvalue weighted by Gasteiger charge is -2.08. The second kappa shape index (κ2) is 9.03. The number of fused-ring (bicyclic) bond motifs is 1. The van der Waals surface area contributed by atoms with Crippen molar-refractivity contribution in [2.24, 2.45) is 0 Å². The standard InChI is InChI=1S/C23H18N2O2S2/c26-21(17-8-2-1-3-9-17)15-29-23-24-18(14-28-23)13-22(27)25-20-12-6-10-16-7-4-5-11-19(16)20/h1-12,14H,13,15H2,(H,25,27). The van der Waals surface area contributed by atoms with Gasteiger partial charge in [-0.1, -0.05) is 78.5 Å². The molecule has 1 N–H and O–H groups in total. The molecule has 0 saturated heterocycles. The van der Waals surface area contributed by atoms with Gasteiger partial charge in [-0.15, -0.1) is 11.3 Å². The van der Waals surface area contributed by atoms with Crippen LogP contribution in [0.5, 0.6) is 0 Å². The number of carbonyl (C=O) groups is 2. The molecule has 0 unspecified atom stereocenters. The van der Waals surface area contributed by atoms with Gasteiger partial charge in [-0.05, 0) is 11.5 Å². The highest BCUT2D eigenvalue weighted by Gasteiger charge is 2.12. The van der Waals surface area contributed by atoms with E-state index in [-0.39, 0.29) is 18.1 Å². The van der Waals surface area contributed by atoms with Crippen LogP contribution in [0.25, 0.3) is 10.8 Å². The number of benzene rings is 3. The zero-order chi connectivity index (χ0) is 20.1. The molecule has 0 bridgehead atoms. The number of hydrogen-bond donors (Lipinski definition) is 1. The highest BCUT2D eigenvalue weighted by molar-refractivity contribution is 8.01. The van der Waals surface area contributed by atoms with Gasteiger partial charge in [-0.25, -0.2) is 4.98 Å². The Morgan fingerprint density at radius 2 is 1.69 bits per heavy atom. The number of thiazole rings is 1. The Balaban J connectivity index is 1.35. The first-order chi connectivity index (χ1) is 14.2. The summed E-state index contributed by atoms with van der Waals surface area (Å²) in [7, 11) is 0. The lowest BCUT2D eigenvalue weighted by Crippen LogP contribution is -2.14. The van der Waals surface area contributed by atoms with E-state index in [1.54, 1.807) is 0 Å². The lowest BCUT2D eigenvalue weighted by atomic mass is 10.1. The zero-order valence-electron chi connectivity index (χ0n) is 15.5. The van der Waals surface area contributed by atoms with Crippen molar-refractivity contribution in [3.63, 3.8) is 0 Å². The Morgan fingerprint density at radius 3 is 2.55 bits per heavy atom. The fraction of sp³-hybridized carbons (Fsp3) is 0.0870. The van der Waals surface area contributed by atoms with E-state index in [9.17, 15) is 9.59 Å². The molecule has 1 aromatic heterocycles. The number of amides is 1. The van der Waals surface area contributed by atoms with Gasteiger partial charge in [0, 0.05) is 22.0 Å². The van der Waals surface area contributed by atoms with Crippen molar-refractivity contribution >= 4 is 51.2 Å². The minimum absolute atomic E-state index is 0.0704. The quantitative estimate of drug-likeness (QED) is 0.320. The van der Waals surface area contributed by atoms with Crippen LogP contribution in [0.4, 0.5) is 5.69 Å². The van der Waals surface area contributed by atoms with Crippen molar-refractivity contribution in [1.29, 1.82) is 0 Å². The van der Waals surface area contributed by atoms with E-state index in [1.807, 2.05) is 78.2 Å². The van der Waals surface area contributed by atoms with Crippen LogP contribution in [0.1, 0.15) is 16.1 Å². The van der Waals surface area contributed by atoms with Crippen LogP contribution in [-0.2, 0) is 11.2 Å². The minimum atomic E-state index is -0.108. The Morgan fingerprint density at radius 1 is 0.931 bits per heavy atom. The van der Waals surface area contributed by atoms with E-state index in [2.05, 4.69) is 10.3 Å². The third-order valence-electron chi connectivity index (χ3n) is 4.36. The van der Waals surface area contributed by atoms with Crippen molar-refractivity contribution in [3.8, 4) is 0 Å². The summed E-state index contributed by atoms with van der Waals surface area (Å²) in [6.07, 6.45) is 0.201. The van der Waals surface area contributed by atoms with Gasteiger partial charge in [-0.3, -0.25) is 9.59 Å². The second-order valence-electron chi connectivity index (χ2n) is 6.43. The summed E-state index contributed by atoms with van der Waals surface area (Å²) in [5.41, 5.74) is 2.21. The average Bonchev–Trinajstić information content (AvgIpc) is 3.20. The molecule has 4 aromatic rings. The van der Waals surface area contributed by atoms with Gasteiger partial charge in [0.25, 0.3) is 0 Å². The molecule has 0 spiro atoms. The van der Waals surface area contributed by atoms with Gasteiger partial charge in [0.1, 0.15) is 0 Å². The van der Waals surface area contributed by atoms with Crippen LogP contribution >= 0.6 is 23.1 Å². The molecule has 0 aliphatic rings. The van der Waals surface area contributed by atoms with Crippen LogP contribution in [0.2, 0.25) is 0 Å². The first kappa shape index (κ1) is 19.4. The van der Waals surface area contributed by atoms with E-state index in [0.717, 1.165) is 20.8 Å². The predicted molar refractivity (Wildman–Crippen MR) is 120 cm³/mol. The number of nitrogens with one attached hydrogen (secondary N) is 1. The van der Waals surface area contributed by atoms with Gasteiger partial charge in [-0.2, -0.15) is 0 Å². The van der Waals surface area contributed by atoms with Crippen molar-refractivity contribution in [2.45, 2.75) is 10.8 Å². The highest BCUT2D eigenvalue weighted by Crippen LogP contribution is 2.25. The topological polar surface area (TPSA) is 59.1 Å². The Hall–Kier alpha value is -2.96. The predicted octanol–water partition coefficient (Wildman–Crippen LogP) is 5.45. The molecule has 144 valence electrons. The van der Waals surface area contributed by atoms with Gasteiger partial charge in [0.2, 0.25) is 5.91 Å². The molecule has 1 amide bonds. The van der Waals surface area contributed by atoms with Gasteiger partial charge >= 0.3 is 0 Å². The number of rotatable bonds is 7. The summed E-state index contributed by atoms with van der Waals surface area (Å²) in [4.78, 5) is 29.2. The molecule has 0 radical (unpaired) electrons. The summed E-state index contributed by atoms with van der Waals surface area (Å²) in [5, 5.41) is 6.95. The summed E-state index contributed by atoms with van der Waals surface area (Å²) in [6, 6.07) is 23.0. The number of Topliss-reactive ketones (excluding diaryl/α,β-unsaturated/α-hetero) is 1. The molecule has 0 saturated carbocycles. The summed E-state index contributed by atoms with van der Waals surface area (Å²) < 4.78 is 0.794. The fourth-order valence-electron chi connectivity index (χ4n) is 2.96. The molecule has 0 atom stereocenters. The Bertz CT molecular complexity index is 1150. The molecular weight excluding hydrogens is 400 g/mol. The first-order valence-electron chi connectivity index (χ1n) is 9.12. The Labute approximate surface area is 177 Å². The highest BCUT2D eigenvalue weighted by atomic mass is 32.2. The summed E-state index contributed by atoms with van der Waals surface area (Å²) in [5.74, 6) is 0.295. The number of anilines is 1. The van der Waals surface area contributed by atoms with Crippen molar-refractivity contribution in [3.05, 3.63) is 89.4 Å². The molecule has 4 rings (SSSR count). The van der Waals surface area contributed by atoms with Crippen LogP contribution in [0.15, 0.2) is 82.5 Å². The van der Waals surface area contributed by atoms with Gasteiger partial charge in [0.05, 0.1) is 17.9 Å². The molecule has 4 nitrogen and oxygen atoms in total. The zero-order valence-corrected chi connectivity index (χ0v) is 17.1. The molecule has 6 heteroatoms. The molecule has 0 aliphatic carbocycles. The fourth-order valence-corrected chi connectivity index (χ4v) is 4.70. The van der Waals surface area contributed by atoms with Crippen LogP contribution in [0.3, 0.4) is 0 Å². The van der Waals surface area contributed by atoms with Crippen molar-refractivity contribution in [2.75, 3.05) is 11.1 Å². The maximum atomic E-state index is 12.5. The van der Waals surface area contributed by atoms with E-state index in [1.165, 1.54) is 23.1 Å². The largest absolute Gasteiger partial charge is 0.325 e. The lowest BCUT2D eigenvalue weighted by molar-refractivity contribution is -0.115. The average molecular weight is 419 g/mol. The third kappa shape index (κ3) is 4.91. The number of ketones is 1. The molecule has 0 fully saturated rings. The maximum absolute atomic E-state index is 12.5. The van der Waals surface area contributed by atoms with E-state index < -0.39 is 0 Å². The number of carbonyl (C=O) groups excluding carboxylic acids is 2. The van der Waals surface area contributed by atoms with Crippen molar-refractivity contribution < 1.29 is 9.59 Å². The molecule has 1 heterocycles. The molecule has 3 aromatic carbocycles. The second-order valence-corrected chi connectivity index (χ2v) is 8.51. The molecule has 0 aliphatic heterocycles. The maximum Gasteiger partial charge on any atom is 0.230 e. The van der Waals surface area contributed by atoms with E-state index >= 15 is 0 Å². The molecule has 29 heavy (non-hydrogen) atoms. The smallest absolute Gasteiger partial charge is 0.230 e. The van der Waals surface area contributed by atoms with E-state index in [4.69, 9.17) is 0 Å². The SMILES string of the molecule is O=C(Cc1csc(SCC(=O)c2ccccc2)n1)Nc1cccc2ccccc12. The van der Waals surface area contributed by atoms with E-state index in [0.29, 0.717) is 17.0 Å². The van der Waals surface area contributed by atoms with Crippen LogP contribution in [-0.4, -0.2) is 22.4 Å². The number of nitrogens with zero attached hydrogens (tertiary/aromatic N) is 1. The van der Waals surface area contributed by atoms with Crippen LogP contribution in [0, 0.1) is 0 Å². The number of aromatic nitrogens is 1. The van der Waals surface area contributed by atoms with Crippen molar-refractivity contribution in [1.82, 2.24) is 4.98 Å². The number of thioether (sulfide) groups is 1. The minimum Gasteiger partial charge on any atom is -0.325 e. The van der Waals surface area contributed by atoms with Gasteiger partial charge < -0.3 is 5.32 Å². The first-order valence-corrected chi connectivity index (χ1v) is 11.0. The van der Waals surface area contributed by atoms with Gasteiger partial charge in [0.15, 0.2) is 10.1 Å².